The van der Waals surface area contributed by atoms with Crippen LogP contribution in [0.3, 0.4) is 0 Å². The number of carbonyl (C=O) groups is 1. The predicted molar refractivity (Wildman–Crippen MR) is 129 cm³/mol. The molecule has 170 valence electrons. The average Bonchev–Trinajstić information content (AvgIpc) is 3.45. The van der Waals surface area contributed by atoms with Gasteiger partial charge in [0.2, 0.25) is 5.91 Å². The Labute approximate surface area is 200 Å². The molecule has 1 atom stereocenters. The van der Waals surface area contributed by atoms with Gasteiger partial charge in [-0.25, -0.2) is 13.4 Å². The van der Waals surface area contributed by atoms with E-state index in [2.05, 4.69) is 11.0 Å². The van der Waals surface area contributed by atoms with Crippen LogP contribution in [0.25, 0.3) is 10.2 Å². The SMILES string of the molecule is O=C(C1CCCN(S(=O)(=O)c2ccc(Cl)s2)C1)N1CCN(c2nc3ccccc3s2)CC1. The molecule has 3 aromatic rings. The first-order valence-electron chi connectivity index (χ1n) is 10.6. The van der Waals surface area contributed by atoms with E-state index < -0.39 is 10.0 Å². The predicted octanol–water partition coefficient (Wildman–Crippen LogP) is 3.76. The molecule has 2 fully saturated rings. The van der Waals surface area contributed by atoms with Crippen LogP contribution in [0, 0.1) is 5.92 Å². The Kier molecular flexibility index (Phi) is 6.15. The number of piperidine rings is 1. The summed E-state index contributed by atoms with van der Waals surface area (Å²) in [6, 6.07) is 11.2. The van der Waals surface area contributed by atoms with Gasteiger partial charge in [-0.2, -0.15) is 4.31 Å². The number of aromatic nitrogens is 1. The number of thiazole rings is 1. The van der Waals surface area contributed by atoms with Crippen LogP contribution in [-0.2, 0) is 14.8 Å². The van der Waals surface area contributed by atoms with Crippen LogP contribution in [0.2, 0.25) is 4.34 Å². The summed E-state index contributed by atoms with van der Waals surface area (Å²) in [5.74, 6) is -0.249. The van der Waals surface area contributed by atoms with Crippen molar-refractivity contribution in [2.45, 2.75) is 17.1 Å². The fourth-order valence-electron chi connectivity index (χ4n) is 4.30. The molecule has 0 N–H and O–H groups in total. The maximum atomic E-state index is 13.2. The molecule has 1 unspecified atom stereocenters. The van der Waals surface area contributed by atoms with Crippen LogP contribution in [0.5, 0.6) is 0 Å². The Morgan fingerprint density at radius 2 is 1.81 bits per heavy atom. The summed E-state index contributed by atoms with van der Waals surface area (Å²) in [4.78, 5) is 22.0. The highest BCUT2D eigenvalue weighted by atomic mass is 35.5. The highest BCUT2D eigenvalue weighted by Gasteiger charge is 2.36. The Bertz CT molecular complexity index is 1200. The molecule has 0 aliphatic carbocycles. The lowest BCUT2D eigenvalue weighted by molar-refractivity contribution is -0.137. The molecule has 11 heteroatoms. The summed E-state index contributed by atoms with van der Waals surface area (Å²) < 4.78 is 29.2. The van der Waals surface area contributed by atoms with E-state index in [1.165, 1.54) is 10.4 Å². The first-order chi connectivity index (χ1) is 15.4. The number of fused-ring (bicyclic) bond motifs is 1. The van der Waals surface area contributed by atoms with E-state index in [4.69, 9.17) is 16.6 Å². The van der Waals surface area contributed by atoms with Crippen molar-refractivity contribution in [1.82, 2.24) is 14.2 Å². The molecule has 0 bridgehead atoms. The zero-order valence-electron chi connectivity index (χ0n) is 17.3. The van der Waals surface area contributed by atoms with Gasteiger partial charge in [-0.05, 0) is 37.1 Å². The quantitative estimate of drug-likeness (QED) is 0.534. The van der Waals surface area contributed by atoms with Crippen molar-refractivity contribution >= 4 is 65.6 Å². The highest BCUT2D eigenvalue weighted by molar-refractivity contribution is 7.91. The molecule has 1 amide bonds. The number of hydrogen-bond donors (Lipinski definition) is 0. The fraction of sp³-hybridized carbons (Fsp3) is 0.429. The number of nitrogens with zero attached hydrogens (tertiary/aromatic N) is 4. The Morgan fingerprint density at radius 3 is 2.53 bits per heavy atom. The van der Waals surface area contributed by atoms with Gasteiger partial charge >= 0.3 is 0 Å². The fourth-order valence-corrected chi connectivity index (χ4v) is 8.48. The minimum atomic E-state index is -3.61. The Hall–Kier alpha value is -1.72. The Balaban J connectivity index is 1.22. The van der Waals surface area contributed by atoms with Crippen LogP contribution < -0.4 is 4.90 Å². The average molecular weight is 511 g/mol. The van der Waals surface area contributed by atoms with E-state index >= 15 is 0 Å². The monoisotopic (exact) mass is 510 g/mol. The van der Waals surface area contributed by atoms with Crippen molar-refractivity contribution in [3.63, 3.8) is 0 Å². The van der Waals surface area contributed by atoms with Crippen molar-refractivity contribution in [3.05, 3.63) is 40.7 Å². The number of hydrogen-bond acceptors (Lipinski definition) is 7. The summed E-state index contributed by atoms with van der Waals surface area (Å²) in [6.07, 6.45) is 1.40. The summed E-state index contributed by atoms with van der Waals surface area (Å²) in [6.45, 7) is 3.38. The van der Waals surface area contributed by atoms with Gasteiger partial charge in [0, 0.05) is 39.3 Å². The van der Waals surface area contributed by atoms with Crippen molar-refractivity contribution < 1.29 is 13.2 Å². The second kappa shape index (κ2) is 8.90. The zero-order valence-corrected chi connectivity index (χ0v) is 20.5. The van der Waals surface area contributed by atoms with Crippen molar-refractivity contribution in [2.24, 2.45) is 5.92 Å². The molecule has 5 rings (SSSR count). The third-order valence-corrected chi connectivity index (χ3v) is 10.7. The number of anilines is 1. The van der Waals surface area contributed by atoms with E-state index in [0.717, 1.165) is 39.8 Å². The molecule has 7 nitrogen and oxygen atoms in total. The summed E-state index contributed by atoms with van der Waals surface area (Å²) in [7, 11) is -3.61. The number of thiophene rings is 1. The number of para-hydroxylation sites is 1. The van der Waals surface area contributed by atoms with Gasteiger partial charge in [0.15, 0.2) is 5.13 Å². The highest BCUT2D eigenvalue weighted by Crippen LogP contribution is 2.32. The van der Waals surface area contributed by atoms with Crippen molar-refractivity contribution in [3.8, 4) is 0 Å². The van der Waals surface area contributed by atoms with Gasteiger partial charge in [0.05, 0.1) is 20.5 Å². The minimum Gasteiger partial charge on any atom is -0.345 e. The standard InChI is InChI=1S/C21H23ClN4O3S3/c22-18-7-8-19(31-18)32(28,29)26-9-3-4-15(14-26)20(27)24-10-12-25(13-11-24)21-23-16-5-1-2-6-17(16)30-21/h1-2,5-8,15H,3-4,9-14H2. The molecule has 2 aliphatic heterocycles. The lowest BCUT2D eigenvalue weighted by Crippen LogP contribution is -2.53. The van der Waals surface area contributed by atoms with Crippen LogP contribution in [0.1, 0.15) is 12.8 Å². The summed E-state index contributed by atoms with van der Waals surface area (Å²) >= 11 is 8.66. The maximum absolute atomic E-state index is 13.2. The van der Waals surface area contributed by atoms with E-state index in [1.807, 2.05) is 23.1 Å². The first-order valence-corrected chi connectivity index (χ1v) is 14.0. The molecule has 0 saturated carbocycles. The van der Waals surface area contributed by atoms with Crippen LogP contribution in [0.15, 0.2) is 40.6 Å². The topological polar surface area (TPSA) is 73.8 Å². The molecule has 32 heavy (non-hydrogen) atoms. The first kappa shape index (κ1) is 22.1. The third kappa shape index (κ3) is 4.26. The van der Waals surface area contributed by atoms with Gasteiger partial charge < -0.3 is 9.80 Å². The zero-order chi connectivity index (χ0) is 22.3. The van der Waals surface area contributed by atoms with E-state index in [-0.39, 0.29) is 22.6 Å². The molecule has 0 radical (unpaired) electrons. The maximum Gasteiger partial charge on any atom is 0.252 e. The van der Waals surface area contributed by atoms with Crippen molar-refractivity contribution in [2.75, 3.05) is 44.2 Å². The second-order valence-corrected chi connectivity index (χ2v) is 12.9. The number of halogens is 1. The van der Waals surface area contributed by atoms with Crippen LogP contribution >= 0.6 is 34.3 Å². The normalized spacial score (nSPS) is 20.7. The summed E-state index contributed by atoms with van der Waals surface area (Å²) in [5, 5.41) is 0.989. The van der Waals surface area contributed by atoms with Crippen LogP contribution in [-0.4, -0.2) is 67.8 Å². The minimum absolute atomic E-state index is 0.0538. The number of carbonyl (C=O) groups excluding carboxylic acids is 1. The van der Waals surface area contributed by atoms with Gasteiger partial charge in [-0.1, -0.05) is 35.1 Å². The van der Waals surface area contributed by atoms with Crippen molar-refractivity contribution in [1.29, 1.82) is 0 Å². The van der Waals surface area contributed by atoms with E-state index in [9.17, 15) is 13.2 Å². The third-order valence-electron chi connectivity index (χ3n) is 6.02. The van der Waals surface area contributed by atoms with Gasteiger partial charge in [0.25, 0.3) is 10.0 Å². The molecular formula is C21H23ClN4O3S3. The van der Waals surface area contributed by atoms with Gasteiger partial charge in [-0.3, -0.25) is 4.79 Å². The number of sulfonamides is 1. The smallest absolute Gasteiger partial charge is 0.252 e. The Morgan fingerprint density at radius 1 is 1.03 bits per heavy atom. The molecule has 2 aliphatic rings. The lowest BCUT2D eigenvalue weighted by Gasteiger charge is -2.38. The number of amides is 1. The number of rotatable bonds is 4. The number of piperazine rings is 1. The number of benzene rings is 1. The van der Waals surface area contributed by atoms with Gasteiger partial charge in [0.1, 0.15) is 4.21 Å². The largest absolute Gasteiger partial charge is 0.345 e. The molecule has 4 heterocycles. The molecule has 2 saturated heterocycles. The molecule has 1 aromatic carbocycles. The molecule has 2 aromatic heterocycles. The second-order valence-electron chi connectivity index (χ2n) is 8.04. The lowest BCUT2D eigenvalue weighted by atomic mass is 9.98. The van der Waals surface area contributed by atoms with E-state index in [0.29, 0.717) is 36.8 Å². The van der Waals surface area contributed by atoms with Crippen LogP contribution in [0.4, 0.5) is 5.13 Å². The van der Waals surface area contributed by atoms with E-state index in [1.54, 1.807) is 17.4 Å². The molecular weight excluding hydrogens is 488 g/mol. The van der Waals surface area contributed by atoms with Gasteiger partial charge in [-0.15, -0.1) is 11.3 Å². The summed E-state index contributed by atoms with van der Waals surface area (Å²) in [5.41, 5.74) is 1.00. The molecule has 0 spiro atoms.